The van der Waals surface area contributed by atoms with Crippen LogP contribution in [-0.2, 0) is 11.9 Å². The van der Waals surface area contributed by atoms with Crippen molar-refractivity contribution in [3.63, 3.8) is 0 Å². The molecule has 25 heavy (non-hydrogen) atoms. The molecule has 0 saturated heterocycles. The van der Waals surface area contributed by atoms with Gasteiger partial charge < -0.3 is 17.3 Å². The maximum Gasteiger partial charge on any atom is 0.673 e. The van der Waals surface area contributed by atoms with Crippen molar-refractivity contribution in [3.05, 3.63) is 34.7 Å². The molecule has 0 radical (unpaired) electrons. The van der Waals surface area contributed by atoms with Crippen LogP contribution >= 0.6 is 10.5 Å². The van der Waals surface area contributed by atoms with E-state index in [-0.39, 0.29) is 5.92 Å². The Bertz CT molecular complexity index is 706. The van der Waals surface area contributed by atoms with Gasteiger partial charge in [0.2, 0.25) is 0 Å². The van der Waals surface area contributed by atoms with Gasteiger partial charge in [-0.3, -0.25) is 0 Å². The molecule has 1 saturated carbocycles. The third kappa shape index (κ3) is 5.12. The number of thiophene rings is 1. The highest BCUT2D eigenvalue weighted by Crippen LogP contribution is 2.55. The number of aryl methyl sites for hydroxylation is 1. The highest BCUT2D eigenvalue weighted by molar-refractivity contribution is 7.38. The topological polar surface area (TPSA) is 0 Å². The summed E-state index contributed by atoms with van der Waals surface area (Å²) in [6.45, 7) is 2.00. The third-order valence-corrected chi connectivity index (χ3v) is 6.45. The SMILES string of the molecule is CCc1cccc2c1cc(C1CCCC1)[s+]2C(F)(F)F.F[B-](F)(F)F. The predicted octanol–water partition coefficient (Wildman–Crippen LogP) is 7.59. The van der Waals surface area contributed by atoms with E-state index in [0.717, 1.165) is 43.1 Å². The van der Waals surface area contributed by atoms with Crippen LogP contribution in [0.1, 0.15) is 49.0 Å². The molecule has 0 aliphatic heterocycles. The summed E-state index contributed by atoms with van der Waals surface area (Å²) >= 11 is 0. The molecule has 2 aromatic rings. The molecule has 0 nitrogen and oxygen atoms in total. The van der Waals surface area contributed by atoms with Gasteiger partial charge in [0.15, 0.2) is 9.58 Å². The molecule has 1 aromatic heterocycles. The quantitative estimate of drug-likeness (QED) is 0.283. The summed E-state index contributed by atoms with van der Waals surface area (Å²) < 4.78 is 80.1. The number of alkyl halides is 3. The minimum Gasteiger partial charge on any atom is -0.418 e. The molecule has 0 amide bonds. The monoisotopic (exact) mass is 386 g/mol. The van der Waals surface area contributed by atoms with Crippen LogP contribution < -0.4 is 0 Å². The maximum atomic E-state index is 13.6. The van der Waals surface area contributed by atoms with Gasteiger partial charge in [-0.1, -0.05) is 31.9 Å². The zero-order valence-electron chi connectivity index (χ0n) is 13.6. The lowest BCUT2D eigenvalue weighted by Crippen LogP contribution is -2.02. The smallest absolute Gasteiger partial charge is 0.418 e. The lowest BCUT2D eigenvalue weighted by atomic mass is 10.0. The fraction of sp³-hybridized carbons (Fsp3) is 0.500. The molecule has 0 bridgehead atoms. The molecule has 1 aliphatic carbocycles. The van der Waals surface area contributed by atoms with Gasteiger partial charge in [-0.2, -0.15) is 0 Å². The van der Waals surface area contributed by atoms with Crippen LogP contribution in [0.3, 0.4) is 0 Å². The Kier molecular flexibility index (Phi) is 6.07. The minimum absolute atomic E-state index is 0.136. The number of halogens is 7. The zero-order chi connectivity index (χ0) is 18.8. The van der Waals surface area contributed by atoms with Gasteiger partial charge in [0.25, 0.3) is 0 Å². The number of rotatable bonds is 2. The lowest BCUT2D eigenvalue weighted by molar-refractivity contribution is -0.0868. The first-order valence-electron chi connectivity index (χ1n) is 8.04. The molecule has 1 heterocycles. The number of hydrogen-bond acceptors (Lipinski definition) is 0. The lowest BCUT2D eigenvalue weighted by Gasteiger charge is -2.05. The zero-order valence-corrected chi connectivity index (χ0v) is 14.4. The Balaban J connectivity index is 0.000000399. The van der Waals surface area contributed by atoms with E-state index < -0.39 is 23.2 Å². The van der Waals surface area contributed by atoms with Crippen molar-refractivity contribution < 1.29 is 30.4 Å². The average Bonchev–Trinajstić information content (AvgIpc) is 3.10. The highest BCUT2D eigenvalue weighted by Gasteiger charge is 2.49. The summed E-state index contributed by atoms with van der Waals surface area (Å²) in [5, 5.41) is 0.845. The third-order valence-electron chi connectivity index (χ3n) is 4.27. The minimum atomic E-state index is -6.00. The van der Waals surface area contributed by atoms with Gasteiger partial charge in [0.1, 0.15) is 0 Å². The molecular weight excluding hydrogens is 368 g/mol. The Morgan fingerprint density at radius 2 is 1.64 bits per heavy atom. The molecule has 140 valence electrons. The van der Waals surface area contributed by atoms with Crippen molar-refractivity contribution in [2.45, 2.75) is 50.5 Å². The molecule has 1 aliphatic rings. The van der Waals surface area contributed by atoms with Crippen LogP contribution in [0.15, 0.2) is 24.3 Å². The van der Waals surface area contributed by atoms with Crippen molar-refractivity contribution in [2.75, 3.05) is 0 Å². The summed E-state index contributed by atoms with van der Waals surface area (Å²) in [4.78, 5) is 0.644. The van der Waals surface area contributed by atoms with Crippen molar-refractivity contribution in [2.24, 2.45) is 0 Å². The summed E-state index contributed by atoms with van der Waals surface area (Å²) in [7, 11) is -7.70. The summed E-state index contributed by atoms with van der Waals surface area (Å²) in [6.07, 6.45) is 4.75. The first kappa shape index (κ1) is 20.1. The van der Waals surface area contributed by atoms with E-state index >= 15 is 0 Å². The van der Waals surface area contributed by atoms with E-state index in [1.165, 1.54) is 0 Å². The standard InChI is InChI=1S/C16H18F3S.BF4/c1-2-11-8-5-9-14-13(11)10-15(12-6-3-4-7-12)20(14)16(17,18)19;2-1(3,4)5/h5,8-10,12H,2-4,6-7H2,1H3;/q+1;-1. The van der Waals surface area contributed by atoms with Crippen LogP contribution in [0, 0.1) is 0 Å². The van der Waals surface area contributed by atoms with E-state index in [0.29, 0.717) is 9.58 Å². The summed E-state index contributed by atoms with van der Waals surface area (Å²) in [5.41, 5.74) is -3.11. The van der Waals surface area contributed by atoms with Crippen LogP contribution in [0.25, 0.3) is 10.1 Å². The van der Waals surface area contributed by atoms with E-state index in [2.05, 4.69) is 0 Å². The summed E-state index contributed by atoms with van der Waals surface area (Å²) in [6, 6.07) is 7.25. The van der Waals surface area contributed by atoms with Crippen LogP contribution in [0.4, 0.5) is 30.4 Å². The Labute approximate surface area is 144 Å². The maximum absolute atomic E-state index is 13.6. The van der Waals surface area contributed by atoms with Crippen LogP contribution in [0.2, 0.25) is 0 Å². The number of hydrogen-bond donors (Lipinski definition) is 0. The Hall–Kier alpha value is -1.25. The van der Waals surface area contributed by atoms with E-state index in [9.17, 15) is 30.4 Å². The van der Waals surface area contributed by atoms with Crippen molar-refractivity contribution >= 4 is 27.8 Å². The van der Waals surface area contributed by atoms with Gasteiger partial charge in [-0.05, 0) is 30.9 Å². The fourth-order valence-electron chi connectivity index (χ4n) is 3.32. The second-order valence-electron chi connectivity index (χ2n) is 5.96. The number of benzene rings is 1. The molecule has 3 rings (SSSR count). The van der Waals surface area contributed by atoms with Crippen LogP contribution in [0.5, 0.6) is 0 Å². The van der Waals surface area contributed by atoms with E-state index in [1.807, 2.05) is 19.1 Å². The first-order chi connectivity index (χ1) is 11.5. The molecule has 1 atom stereocenters. The number of fused-ring (bicyclic) bond motifs is 1. The molecular formula is C16H18BF7S. The van der Waals surface area contributed by atoms with Crippen molar-refractivity contribution in [1.29, 1.82) is 0 Å². The van der Waals surface area contributed by atoms with Crippen molar-refractivity contribution in [1.82, 2.24) is 0 Å². The first-order valence-corrected chi connectivity index (χ1v) is 9.26. The largest absolute Gasteiger partial charge is 0.673 e. The summed E-state index contributed by atoms with van der Waals surface area (Å²) in [5.74, 6) is 0.136. The average molecular weight is 386 g/mol. The molecule has 9 heteroatoms. The Morgan fingerprint density at radius 1 is 1.08 bits per heavy atom. The van der Waals surface area contributed by atoms with Gasteiger partial charge in [0, 0.05) is 17.4 Å². The second-order valence-corrected chi connectivity index (χ2v) is 7.94. The van der Waals surface area contributed by atoms with Gasteiger partial charge in [-0.15, -0.1) is 13.2 Å². The Morgan fingerprint density at radius 3 is 2.12 bits per heavy atom. The molecule has 1 fully saturated rings. The second kappa shape index (κ2) is 7.56. The van der Waals surface area contributed by atoms with Gasteiger partial charge >= 0.3 is 12.8 Å². The van der Waals surface area contributed by atoms with Gasteiger partial charge in [0.05, 0.1) is 10.5 Å². The molecule has 1 unspecified atom stereocenters. The van der Waals surface area contributed by atoms with Crippen molar-refractivity contribution in [3.8, 4) is 0 Å². The fourth-order valence-corrected chi connectivity index (χ4v) is 5.52. The van der Waals surface area contributed by atoms with E-state index in [1.54, 1.807) is 12.1 Å². The van der Waals surface area contributed by atoms with E-state index in [4.69, 9.17) is 0 Å². The predicted molar refractivity (Wildman–Crippen MR) is 88.5 cm³/mol. The van der Waals surface area contributed by atoms with Gasteiger partial charge in [-0.25, -0.2) is 0 Å². The molecule has 0 spiro atoms. The van der Waals surface area contributed by atoms with Crippen LogP contribution in [-0.4, -0.2) is 7.25 Å². The highest BCUT2D eigenvalue weighted by atomic mass is 32.2. The molecule has 0 N–H and O–H groups in total. The normalized spacial score (nSPS) is 16.9. The molecule has 1 aromatic carbocycles.